The van der Waals surface area contributed by atoms with Crippen LogP contribution in [-0.4, -0.2) is 138 Å². The quantitative estimate of drug-likeness (QED) is 0.0617. The number of methoxy groups -OCH3 is 3. The van der Waals surface area contributed by atoms with Crippen molar-refractivity contribution in [2.45, 2.75) is 13.8 Å². The van der Waals surface area contributed by atoms with E-state index in [0.717, 1.165) is 28.2 Å². The number of esters is 1. The van der Waals surface area contributed by atoms with E-state index in [1.54, 1.807) is 91.6 Å². The number of hydrogen-bond acceptors (Lipinski definition) is 25. The summed E-state index contributed by atoms with van der Waals surface area (Å²) in [6.45, 7) is 1.12. The number of carbonyl (C=O) groups is 3. The SMILES string of the molecule is CCOC(=O)c1nnc(Cl)cc1Cl.COc1c(N)cccc1-c1ncn(C)n1.COc1c(Nc2cc(Cl)nnc2C)cccc1-c1ncn(C)n1.O=C([O-])c1nnc(Cl)cc1Cl.[2H]C([2H])([2H])NC(=O)c1nnc(Cl)cc1Nc1cccc(-c2ncn(C)n2)c1OC.[Li+]. The van der Waals surface area contributed by atoms with Gasteiger partial charge in [0.05, 0.1) is 94.8 Å². The van der Waals surface area contributed by atoms with Crippen molar-refractivity contribution in [3.8, 4) is 51.4 Å². The molecule has 0 atom stereocenters. The second kappa shape index (κ2) is 33.9. The maximum Gasteiger partial charge on any atom is 1.00 e. The Morgan fingerprint density at radius 2 is 0.966 bits per heavy atom. The molecule has 89 heavy (non-hydrogen) atoms. The van der Waals surface area contributed by atoms with Gasteiger partial charge in [-0.1, -0.05) is 87.8 Å². The van der Waals surface area contributed by atoms with Crippen LogP contribution in [0.1, 0.15) is 48.2 Å². The number of aromatic carboxylic acids is 1. The average molecular weight is 1330 g/mol. The Bertz CT molecular complexity index is 4190. The summed E-state index contributed by atoms with van der Waals surface area (Å²) in [6, 6.07) is 22.0. The maximum atomic E-state index is 12.3. The fourth-order valence-corrected chi connectivity index (χ4v) is 8.25. The van der Waals surface area contributed by atoms with Crippen LogP contribution in [0.3, 0.4) is 0 Å². The van der Waals surface area contributed by atoms with Crippen molar-refractivity contribution in [1.82, 2.24) is 90.4 Å². The van der Waals surface area contributed by atoms with Crippen molar-refractivity contribution < 1.29 is 61.4 Å². The van der Waals surface area contributed by atoms with E-state index in [9.17, 15) is 19.5 Å². The number of hydrogen-bond donors (Lipinski definition) is 4. The molecule has 0 aliphatic heterocycles. The molecule has 458 valence electrons. The Morgan fingerprint density at radius 3 is 1.38 bits per heavy atom. The van der Waals surface area contributed by atoms with Crippen molar-refractivity contribution in [3.63, 3.8) is 0 Å². The number of nitrogens with zero attached hydrogens (tertiary/aromatic N) is 17. The zero-order chi connectivity index (χ0) is 66.7. The predicted octanol–water partition coefficient (Wildman–Crippen LogP) is 5.21. The third kappa shape index (κ3) is 19.5. The third-order valence-electron chi connectivity index (χ3n) is 10.9. The van der Waals surface area contributed by atoms with Crippen molar-refractivity contribution in [1.29, 1.82) is 0 Å². The first-order valence-corrected chi connectivity index (χ1v) is 27.0. The number of carbonyl (C=O) groups excluding carboxylic acids is 3. The van der Waals surface area contributed by atoms with Crippen LogP contribution < -0.4 is 59.9 Å². The number of rotatable bonds is 14. The summed E-state index contributed by atoms with van der Waals surface area (Å²) in [5.41, 5.74) is 10.8. The molecular formula is C53H50Cl6LiN21O8. The molecule has 36 heteroatoms. The van der Waals surface area contributed by atoms with Gasteiger partial charge in [-0.25, -0.2) is 19.7 Å². The molecule has 29 nitrogen and oxygen atoms in total. The first-order valence-electron chi connectivity index (χ1n) is 26.2. The molecule has 7 aromatic heterocycles. The summed E-state index contributed by atoms with van der Waals surface area (Å²) in [6.07, 6.45) is 4.84. The van der Waals surface area contributed by atoms with E-state index in [4.69, 9.17) is 93.7 Å². The summed E-state index contributed by atoms with van der Waals surface area (Å²) < 4.78 is 47.4. The van der Waals surface area contributed by atoms with Gasteiger partial charge in [0.15, 0.2) is 66.7 Å². The molecule has 0 saturated carbocycles. The van der Waals surface area contributed by atoms with E-state index < -0.39 is 30.5 Å². The molecule has 5 N–H and O–H groups in total. The number of para-hydroxylation sites is 3. The fraction of sp³-hybridized carbons (Fsp3) is 0.189. The van der Waals surface area contributed by atoms with E-state index in [2.05, 4.69) is 86.4 Å². The Labute approximate surface area is 553 Å². The minimum Gasteiger partial charge on any atom is -0.543 e. The van der Waals surface area contributed by atoms with Gasteiger partial charge >= 0.3 is 24.8 Å². The molecule has 0 unspecified atom stereocenters. The second-order valence-corrected chi connectivity index (χ2v) is 19.3. The number of nitrogens with two attached hydrogens (primary N) is 1. The molecule has 3 aromatic carbocycles. The average Bonchev–Trinajstić information content (AvgIpc) is 1.78. The van der Waals surface area contributed by atoms with Crippen molar-refractivity contribution >= 4 is 116 Å². The minimum atomic E-state index is -2.68. The normalized spacial score (nSPS) is 10.8. The number of anilines is 5. The predicted molar refractivity (Wildman–Crippen MR) is 327 cm³/mol. The summed E-state index contributed by atoms with van der Waals surface area (Å²) in [7, 11) is 10.0. The number of aryl methyl sites for hydroxylation is 4. The van der Waals surface area contributed by atoms with Crippen LogP contribution in [-0.2, 0) is 25.9 Å². The van der Waals surface area contributed by atoms with Gasteiger partial charge in [-0.05, 0) is 62.4 Å². The van der Waals surface area contributed by atoms with Gasteiger partial charge in [-0.3, -0.25) is 18.8 Å². The Hall–Kier alpha value is -9.05. The van der Waals surface area contributed by atoms with Crippen LogP contribution in [0.25, 0.3) is 34.2 Å². The standard InChI is InChI=1S/C16H16ClN7O2.C15H15ClN6O.C10H12N4O.C7H6Cl2N2O2.C5H2Cl2N2O2.Li/c1-18-16(25)13-11(7-12(17)21-22-13)20-10-6-4-5-9(14(10)26-3)15-19-8-24(2)23-15;1-9-12(7-13(16)20-19-9)18-11-6-4-5-10(14(11)23-3)15-17-8-22(2)21-15;1-14-6-12-10(13-14)7-4-3-5-8(11)9(7)15-2;1-2-13-7(12)6-4(8)3-5(9)10-11-6;6-2-1-3(7)8-9-4(2)5(10)11;/h4-8H,1-3H3,(H,18,25)(H,20,21);4-8H,1-3H3,(H,18,20);3-6H,11H2,1-2H3;3H,2H2,1H3;1H,(H,10,11);/q;;;;;+1/p-1/i1D3;;;;;. The van der Waals surface area contributed by atoms with E-state index in [0.29, 0.717) is 56.8 Å². The van der Waals surface area contributed by atoms with Crippen LogP contribution in [0.2, 0.25) is 30.7 Å². The molecule has 0 fully saturated rings. The number of nitrogens with one attached hydrogen (secondary N) is 3. The van der Waals surface area contributed by atoms with Crippen LogP contribution in [0.5, 0.6) is 17.2 Å². The van der Waals surface area contributed by atoms with Gasteiger partial charge in [0, 0.05) is 44.4 Å². The van der Waals surface area contributed by atoms with Crippen molar-refractivity contribution in [2.75, 3.05) is 51.3 Å². The van der Waals surface area contributed by atoms with Crippen LogP contribution >= 0.6 is 69.6 Å². The van der Waals surface area contributed by atoms with Gasteiger partial charge in [-0.2, -0.15) is 20.4 Å². The molecule has 0 aliphatic rings. The van der Waals surface area contributed by atoms with Gasteiger partial charge in [0.2, 0.25) is 0 Å². The first-order chi connectivity index (χ1) is 43.2. The van der Waals surface area contributed by atoms with Gasteiger partial charge in [-0.15, -0.1) is 35.7 Å². The summed E-state index contributed by atoms with van der Waals surface area (Å²) >= 11 is 33.8. The van der Waals surface area contributed by atoms with E-state index in [1.165, 1.54) is 25.3 Å². The Morgan fingerprint density at radius 1 is 0.562 bits per heavy atom. The number of carboxylic acid groups (broad SMARTS) is 1. The Balaban J connectivity index is 0.000000218. The number of halogens is 6. The number of aromatic nitrogens is 17. The van der Waals surface area contributed by atoms with E-state index in [1.807, 2.05) is 56.7 Å². The van der Waals surface area contributed by atoms with E-state index >= 15 is 0 Å². The van der Waals surface area contributed by atoms with Gasteiger partial charge < -0.3 is 50.5 Å². The number of carboxylic acids is 1. The number of ether oxygens (including phenoxy) is 4. The zero-order valence-corrected chi connectivity index (χ0v) is 52.7. The maximum absolute atomic E-state index is 12.3. The summed E-state index contributed by atoms with van der Waals surface area (Å²) in [5.74, 6) is 0.314. The molecule has 0 aliphatic carbocycles. The Kier molecular flexibility index (Phi) is 25.1. The molecule has 0 spiro atoms. The second-order valence-electron chi connectivity index (χ2n) is 17.0. The first kappa shape index (κ1) is 65.9. The van der Waals surface area contributed by atoms with Gasteiger partial charge in [0.25, 0.3) is 5.91 Å². The molecule has 7 heterocycles. The van der Waals surface area contributed by atoms with E-state index in [-0.39, 0.29) is 68.0 Å². The van der Waals surface area contributed by atoms with Crippen LogP contribution in [0.4, 0.5) is 28.4 Å². The largest absolute Gasteiger partial charge is 1.00 e. The number of nitrogen functional groups attached to an aromatic ring is 1. The third-order valence-corrected chi connectivity index (χ3v) is 12.2. The number of benzene rings is 3. The zero-order valence-electron chi connectivity index (χ0n) is 51.2. The van der Waals surface area contributed by atoms with Crippen molar-refractivity contribution in [2.24, 2.45) is 21.1 Å². The van der Waals surface area contributed by atoms with Crippen LogP contribution in [0, 0.1) is 6.92 Å². The number of amides is 1. The van der Waals surface area contributed by atoms with Gasteiger partial charge in [0.1, 0.15) is 24.7 Å². The molecule has 0 bridgehead atoms. The van der Waals surface area contributed by atoms with Crippen molar-refractivity contribution in [3.05, 3.63) is 151 Å². The monoisotopic (exact) mass is 1330 g/mol. The molecule has 0 radical (unpaired) electrons. The molecule has 1 amide bonds. The topological polar surface area (TPSA) is 369 Å². The fourth-order valence-electron chi connectivity index (χ4n) is 7.12. The molecule has 10 rings (SSSR count). The molecular weight excluding hydrogens is 1280 g/mol. The minimum absolute atomic E-state index is 0. The van der Waals surface area contributed by atoms with Crippen LogP contribution in [0.15, 0.2) is 97.8 Å². The smallest absolute Gasteiger partial charge is 0.543 e. The molecule has 0 saturated heterocycles. The summed E-state index contributed by atoms with van der Waals surface area (Å²) in [5, 5.41) is 60.3. The summed E-state index contributed by atoms with van der Waals surface area (Å²) in [4.78, 5) is 46.3. The molecule has 10 aromatic rings.